The topological polar surface area (TPSA) is 122 Å². The summed E-state index contributed by atoms with van der Waals surface area (Å²) in [5.74, 6) is 1.21. The highest BCUT2D eigenvalue weighted by Gasteiger charge is 2.16. The van der Waals surface area contributed by atoms with Crippen molar-refractivity contribution in [2.24, 2.45) is 0 Å². The average Bonchev–Trinajstić information content (AvgIpc) is 3.24. The molecule has 4 N–H and O–H groups in total. The number of nitrogens with two attached hydrogens (primary N) is 1. The highest BCUT2D eigenvalue weighted by molar-refractivity contribution is 6.05. The van der Waals surface area contributed by atoms with Gasteiger partial charge < -0.3 is 20.7 Å². The van der Waals surface area contributed by atoms with Crippen LogP contribution in [-0.4, -0.2) is 45.1 Å². The zero-order chi connectivity index (χ0) is 22.9. The Balaban J connectivity index is 1.43. The average molecular weight is 439 g/mol. The largest absolute Gasteiger partial charge is 0.438 e. The summed E-state index contributed by atoms with van der Waals surface area (Å²) in [6.45, 7) is 0. The Labute approximate surface area is 189 Å². The normalized spacial score (nSPS) is 11.0. The molecule has 0 saturated carbocycles. The number of hydrogen-bond acceptors (Lipinski definition) is 7. The zero-order valence-corrected chi connectivity index (χ0v) is 18.0. The van der Waals surface area contributed by atoms with Crippen LogP contribution in [0.25, 0.3) is 21.7 Å². The van der Waals surface area contributed by atoms with E-state index in [2.05, 4.69) is 25.5 Å². The molecule has 0 atom stereocenters. The SMILES string of the molecule is CN(C)C(=O)c1n[nH]c2ccc(Nc3nccc(Oc4ccc(N)c5ccccc45)n3)cc12. The van der Waals surface area contributed by atoms with E-state index in [1.54, 1.807) is 26.4 Å². The molecule has 5 aromatic rings. The Morgan fingerprint density at radius 3 is 2.67 bits per heavy atom. The Hall–Kier alpha value is -4.66. The third kappa shape index (κ3) is 3.87. The van der Waals surface area contributed by atoms with Crippen molar-refractivity contribution in [1.82, 2.24) is 25.1 Å². The molecule has 0 unspecified atom stereocenters. The van der Waals surface area contributed by atoms with E-state index >= 15 is 0 Å². The summed E-state index contributed by atoms with van der Waals surface area (Å²) in [7, 11) is 3.38. The number of hydrogen-bond donors (Lipinski definition) is 3. The minimum absolute atomic E-state index is 0.180. The highest BCUT2D eigenvalue weighted by atomic mass is 16.5. The number of aromatic nitrogens is 4. The number of fused-ring (bicyclic) bond motifs is 2. The Bertz CT molecular complexity index is 1490. The van der Waals surface area contributed by atoms with E-state index in [1.807, 2.05) is 54.6 Å². The molecule has 0 radical (unpaired) electrons. The van der Waals surface area contributed by atoms with Crippen LogP contribution in [0.2, 0.25) is 0 Å². The molecule has 1 amide bonds. The van der Waals surface area contributed by atoms with E-state index in [0.717, 1.165) is 16.3 Å². The van der Waals surface area contributed by atoms with Gasteiger partial charge in [0.2, 0.25) is 11.8 Å². The molecule has 33 heavy (non-hydrogen) atoms. The lowest BCUT2D eigenvalue weighted by atomic mass is 10.1. The van der Waals surface area contributed by atoms with Crippen molar-refractivity contribution in [2.75, 3.05) is 25.1 Å². The molecule has 2 heterocycles. The van der Waals surface area contributed by atoms with E-state index in [-0.39, 0.29) is 5.91 Å². The quantitative estimate of drug-likeness (QED) is 0.349. The van der Waals surface area contributed by atoms with E-state index in [1.165, 1.54) is 4.90 Å². The van der Waals surface area contributed by atoms with Crippen molar-refractivity contribution in [3.63, 3.8) is 0 Å². The molecular weight excluding hydrogens is 418 g/mol. The first-order chi connectivity index (χ1) is 16.0. The molecule has 9 heteroatoms. The highest BCUT2D eigenvalue weighted by Crippen LogP contribution is 2.33. The van der Waals surface area contributed by atoms with Crippen LogP contribution >= 0.6 is 0 Å². The molecule has 0 aliphatic rings. The second-order valence-electron chi connectivity index (χ2n) is 7.68. The fourth-order valence-electron chi connectivity index (χ4n) is 3.55. The molecule has 164 valence electrons. The van der Waals surface area contributed by atoms with E-state index < -0.39 is 0 Å². The summed E-state index contributed by atoms with van der Waals surface area (Å²) in [5, 5.41) is 12.7. The number of anilines is 3. The number of nitrogen functional groups attached to an aromatic ring is 1. The van der Waals surface area contributed by atoms with Gasteiger partial charge >= 0.3 is 0 Å². The smallest absolute Gasteiger partial charge is 0.274 e. The molecule has 5 rings (SSSR count). The van der Waals surface area contributed by atoms with Crippen molar-refractivity contribution in [2.45, 2.75) is 0 Å². The number of ether oxygens (including phenoxy) is 1. The molecule has 0 aliphatic carbocycles. The number of nitrogens with zero attached hydrogens (tertiary/aromatic N) is 4. The standard InChI is InChI=1S/C24H21N7O2/c1-31(2)23(32)22-17-13-14(7-9-19(17)29-30-22)27-24-26-12-11-21(28-24)33-20-10-8-18(25)15-5-3-4-6-16(15)20/h3-13H,25H2,1-2H3,(H,29,30)(H,26,27,28). The van der Waals surface area contributed by atoms with Crippen LogP contribution in [0.4, 0.5) is 17.3 Å². The molecular formula is C24H21N7O2. The number of rotatable bonds is 5. The van der Waals surface area contributed by atoms with Gasteiger partial charge in [-0.1, -0.05) is 24.3 Å². The van der Waals surface area contributed by atoms with Crippen molar-refractivity contribution in [3.05, 3.63) is 72.6 Å². The Kier molecular flexibility index (Phi) is 4.98. The Morgan fingerprint density at radius 2 is 1.85 bits per heavy atom. The molecule has 0 fully saturated rings. The minimum atomic E-state index is -0.180. The van der Waals surface area contributed by atoms with Gasteiger partial charge in [-0.2, -0.15) is 10.1 Å². The van der Waals surface area contributed by atoms with Crippen LogP contribution in [0.15, 0.2) is 66.9 Å². The molecule has 0 bridgehead atoms. The number of carbonyl (C=O) groups is 1. The molecule has 3 aromatic carbocycles. The van der Waals surface area contributed by atoms with Gasteiger partial charge in [-0.25, -0.2) is 4.98 Å². The Morgan fingerprint density at radius 1 is 1.03 bits per heavy atom. The van der Waals surface area contributed by atoms with Crippen LogP contribution in [-0.2, 0) is 0 Å². The first-order valence-electron chi connectivity index (χ1n) is 10.2. The van der Waals surface area contributed by atoms with E-state index in [4.69, 9.17) is 10.5 Å². The van der Waals surface area contributed by atoms with Gasteiger partial charge in [-0.3, -0.25) is 9.89 Å². The van der Waals surface area contributed by atoms with Gasteiger partial charge in [0, 0.05) is 53.9 Å². The van der Waals surface area contributed by atoms with Gasteiger partial charge in [-0.05, 0) is 30.3 Å². The van der Waals surface area contributed by atoms with Crippen LogP contribution in [0.3, 0.4) is 0 Å². The molecule has 0 saturated heterocycles. The summed E-state index contributed by atoms with van der Waals surface area (Å²) < 4.78 is 6.05. The minimum Gasteiger partial charge on any atom is -0.438 e. The van der Waals surface area contributed by atoms with Gasteiger partial charge in [0.25, 0.3) is 5.91 Å². The van der Waals surface area contributed by atoms with Crippen molar-refractivity contribution in [1.29, 1.82) is 0 Å². The third-order valence-electron chi connectivity index (χ3n) is 5.19. The number of amides is 1. The first kappa shape index (κ1) is 20.3. The molecule has 0 aliphatic heterocycles. The predicted molar refractivity (Wildman–Crippen MR) is 128 cm³/mol. The number of benzene rings is 3. The van der Waals surface area contributed by atoms with Crippen LogP contribution in [0, 0.1) is 0 Å². The predicted octanol–water partition coefficient (Wildman–Crippen LogP) is 4.33. The van der Waals surface area contributed by atoms with Crippen molar-refractivity contribution in [3.8, 4) is 11.6 Å². The summed E-state index contributed by atoms with van der Waals surface area (Å²) >= 11 is 0. The fraction of sp³-hybridized carbons (Fsp3) is 0.0833. The lowest BCUT2D eigenvalue weighted by Crippen LogP contribution is -2.22. The van der Waals surface area contributed by atoms with Gasteiger partial charge in [-0.15, -0.1) is 0 Å². The van der Waals surface area contributed by atoms with Crippen molar-refractivity contribution >= 4 is 44.9 Å². The van der Waals surface area contributed by atoms with E-state index in [0.29, 0.717) is 40.0 Å². The summed E-state index contributed by atoms with van der Waals surface area (Å²) in [5.41, 5.74) is 8.60. The maximum absolute atomic E-state index is 12.4. The van der Waals surface area contributed by atoms with Gasteiger partial charge in [0.05, 0.1) is 5.52 Å². The number of H-pyrrole nitrogens is 1. The molecule has 9 nitrogen and oxygen atoms in total. The monoisotopic (exact) mass is 439 g/mol. The number of aromatic amines is 1. The first-order valence-corrected chi connectivity index (χ1v) is 10.2. The maximum atomic E-state index is 12.4. The van der Waals surface area contributed by atoms with Gasteiger partial charge in [0.15, 0.2) is 5.69 Å². The zero-order valence-electron chi connectivity index (χ0n) is 18.0. The summed E-state index contributed by atoms with van der Waals surface area (Å²) in [6, 6.07) is 18.6. The number of nitrogens with one attached hydrogen (secondary N) is 2. The van der Waals surface area contributed by atoms with Crippen molar-refractivity contribution < 1.29 is 9.53 Å². The third-order valence-corrected chi connectivity index (χ3v) is 5.19. The molecule has 2 aromatic heterocycles. The fourth-order valence-corrected chi connectivity index (χ4v) is 3.55. The lowest BCUT2D eigenvalue weighted by Gasteiger charge is -2.11. The number of carbonyl (C=O) groups excluding carboxylic acids is 1. The summed E-state index contributed by atoms with van der Waals surface area (Å²) in [6.07, 6.45) is 1.61. The lowest BCUT2D eigenvalue weighted by molar-refractivity contribution is 0.0823. The molecule has 0 spiro atoms. The van der Waals surface area contributed by atoms with Crippen LogP contribution < -0.4 is 15.8 Å². The second-order valence-corrected chi connectivity index (χ2v) is 7.68. The van der Waals surface area contributed by atoms with E-state index in [9.17, 15) is 4.79 Å². The van der Waals surface area contributed by atoms with Gasteiger partial charge in [0.1, 0.15) is 5.75 Å². The van der Waals surface area contributed by atoms with Crippen LogP contribution in [0.1, 0.15) is 10.5 Å². The summed E-state index contributed by atoms with van der Waals surface area (Å²) in [4.78, 5) is 22.6. The maximum Gasteiger partial charge on any atom is 0.274 e. The van der Waals surface area contributed by atoms with Crippen LogP contribution in [0.5, 0.6) is 11.6 Å². The second kappa shape index (κ2) is 8.12.